The van der Waals surface area contributed by atoms with Crippen LogP contribution >= 0.6 is 0 Å². The molecule has 1 rings (SSSR count). The molecule has 1 aromatic carbocycles. The first kappa shape index (κ1) is 17.0. The molecule has 0 spiro atoms. The minimum atomic E-state index is -0.661. The Morgan fingerprint density at radius 2 is 1.95 bits per heavy atom. The average Bonchev–Trinajstić information content (AvgIpc) is 2.51. The van der Waals surface area contributed by atoms with Crippen molar-refractivity contribution in [2.45, 2.75) is 19.4 Å². The van der Waals surface area contributed by atoms with Crippen molar-refractivity contribution in [3.63, 3.8) is 0 Å². The number of likely N-dealkylation sites (N-methyl/N-ethyl adjacent to an activating group) is 1. The van der Waals surface area contributed by atoms with Crippen LogP contribution in [0.25, 0.3) is 0 Å². The number of Topliss-reactive ketones (excluding diaryl/α,β-unsaturated/α-hetero) is 1. The number of carbonyl (C=O) groups is 2. The molecule has 1 aromatic rings. The monoisotopic (exact) mass is 295 g/mol. The van der Waals surface area contributed by atoms with Crippen molar-refractivity contribution in [2.75, 3.05) is 27.9 Å². The Hall–Kier alpha value is -2.08. The van der Waals surface area contributed by atoms with Gasteiger partial charge < -0.3 is 19.5 Å². The fourth-order valence-corrected chi connectivity index (χ4v) is 1.90. The molecule has 0 saturated carbocycles. The van der Waals surface area contributed by atoms with E-state index in [-0.39, 0.29) is 18.8 Å². The fourth-order valence-electron chi connectivity index (χ4n) is 1.90. The first-order valence-electron chi connectivity index (χ1n) is 6.66. The SMILES string of the molecule is CCOC(=O)CC(NC)C(=O)c1ccc(OC)cc1OC. The lowest BCUT2D eigenvalue weighted by atomic mass is 10.0. The van der Waals surface area contributed by atoms with Crippen LogP contribution in [0.3, 0.4) is 0 Å². The van der Waals surface area contributed by atoms with Gasteiger partial charge in [0.05, 0.1) is 38.9 Å². The maximum absolute atomic E-state index is 12.5. The van der Waals surface area contributed by atoms with E-state index < -0.39 is 12.0 Å². The van der Waals surface area contributed by atoms with Crippen LogP contribution in [0, 0.1) is 0 Å². The van der Waals surface area contributed by atoms with E-state index in [9.17, 15) is 9.59 Å². The van der Waals surface area contributed by atoms with Gasteiger partial charge in [-0.3, -0.25) is 9.59 Å². The number of nitrogens with one attached hydrogen (secondary N) is 1. The predicted molar refractivity (Wildman–Crippen MR) is 78.0 cm³/mol. The summed E-state index contributed by atoms with van der Waals surface area (Å²) in [5.74, 6) is 0.348. The summed E-state index contributed by atoms with van der Waals surface area (Å²) < 4.78 is 15.2. The van der Waals surface area contributed by atoms with Gasteiger partial charge >= 0.3 is 5.97 Å². The Bertz CT molecular complexity index is 501. The van der Waals surface area contributed by atoms with E-state index in [1.54, 1.807) is 32.2 Å². The van der Waals surface area contributed by atoms with Gasteiger partial charge in [-0.2, -0.15) is 0 Å². The second-order valence-electron chi connectivity index (χ2n) is 4.28. The Balaban J connectivity index is 2.96. The van der Waals surface area contributed by atoms with Crippen LogP contribution in [-0.2, 0) is 9.53 Å². The first-order chi connectivity index (χ1) is 10.1. The molecule has 21 heavy (non-hydrogen) atoms. The lowest BCUT2D eigenvalue weighted by Crippen LogP contribution is -2.36. The third-order valence-corrected chi connectivity index (χ3v) is 3.02. The van der Waals surface area contributed by atoms with Crippen molar-refractivity contribution in [1.29, 1.82) is 0 Å². The number of carbonyl (C=O) groups excluding carboxylic acids is 2. The van der Waals surface area contributed by atoms with Gasteiger partial charge in [-0.25, -0.2) is 0 Å². The normalized spacial score (nSPS) is 11.6. The largest absolute Gasteiger partial charge is 0.497 e. The summed E-state index contributed by atoms with van der Waals surface area (Å²) in [5, 5.41) is 2.83. The zero-order chi connectivity index (χ0) is 15.8. The third-order valence-electron chi connectivity index (χ3n) is 3.02. The number of ketones is 1. The van der Waals surface area contributed by atoms with Crippen molar-refractivity contribution < 1.29 is 23.8 Å². The molecule has 0 bridgehead atoms. The van der Waals surface area contributed by atoms with E-state index in [0.717, 1.165) is 0 Å². The van der Waals surface area contributed by atoms with Crippen LogP contribution in [0.5, 0.6) is 11.5 Å². The van der Waals surface area contributed by atoms with Crippen molar-refractivity contribution in [2.24, 2.45) is 0 Å². The lowest BCUT2D eigenvalue weighted by Gasteiger charge is -2.16. The summed E-state index contributed by atoms with van der Waals surface area (Å²) >= 11 is 0. The molecule has 1 unspecified atom stereocenters. The van der Waals surface area contributed by atoms with E-state index in [1.165, 1.54) is 14.2 Å². The zero-order valence-electron chi connectivity index (χ0n) is 12.8. The molecule has 0 heterocycles. The molecule has 0 saturated heterocycles. The van der Waals surface area contributed by atoms with Gasteiger partial charge in [-0.1, -0.05) is 0 Å². The Morgan fingerprint density at radius 3 is 2.48 bits per heavy atom. The Morgan fingerprint density at radius 1 is 1.24 bits per heavy atom. The van der Waals surface area contributed by atoms with E-state index in [0.29, 0.717) is 17.1 Å². The van der Waals surface area contributed by atoms with Gasteiger partial charge in [0.25, 0.3) is 0 Å². The molecule has 0 aliphatic carbocycles. The summed E-state index contributed by atoms with van der Waals surface area (Å²) in [6, 6.07) is 4.26. The molecule has 6 nitrogen and oxygen atoms in total. The van der Waals surface area contributed by atoms with Gasteiger partial charge in [-0.15, -0.1) is 0 Å². The van der Waals surface area contributed by atoms with Crippen LogP contribution in [0.4, 0.5) is 0 Å². The number of ether oxygens (including phenoxy) is 3. The Kier molecular flexibility index (Phi) is 6.68. The number of hydrogen-bond donors (Lipinski definition) is 1. The maximum Gasteiger partial charge on any atom is 0.307 e. The molecule has 6 heteroatoms. The van der Waals surface area contributed by atoms with E-state index >= 15 is 0 Å². The highest BCUT2D eigenvalue weighted by atomic mass is 16.5. The third kappa shape index (κ3) is 4.46. The standard InChI is InChI=1S/C15H21NO5/c1-5-21-14(17)9-12(16-2)15(18)11-7-6-10(19-3)8-13(11)20-4/h6-8,12,16H,5,9H2,1-4H3. The molecule has 0 aliphatic heterocycles. The number of esters is 1. The van der Waals surface area contributed by atoms with Gasteiger partial charge in [0.2, 0.25) is 0 Å². The van der Waals surface area contributed by atoms with Crippen molar-refractivity contribution >= 4 is 11.8 Å². The number of hydrogen-bond acceptors (Lipinski definition) is 6. The van der Waals surface area contributed by atoms with Crippen LogP contribution < -0.4 is 14.8 Å². The van der Waals surface area contributed by atoms with Crippen molar-refractivity contribution in [1.82, 2.24) is 5.32 Å². The summed E-state index contributed by atoms with van der Waals surface area (Å²) in [5.41, 5.74) is 0.391. The molecule has 1 N–H and O–H groups in total. The molecular formula is C15H21NO5. The van der Waals surface area contributed by atoms with Gasteiger partial charge in [0.15, 0.2) is 5.78 Å². The molecule has 0 fully saturated rings. The van der Waals surface area contributed by atoms with E-state index in [2.05, 4.69) is 5.32 Å². The van der Waals surface area contributed by atoms with Crippen LogP contribution in [-0.4, -0.2) is 45.7 Å². The van der Waals surface area contributed by atoms with Crippen LogP contribution in [0.2, 0.25) is 0 Å². The lowest BCUT2D eigenvalue weighted by molar-refractivity contribution is -0.143. The molecule has 0 radical (unpaired) electrons. The molecule has 0 aromatic heterocycles. The van der Waals surface area contributed by atoms with Gasteiger partial charge in [-0.05, 0) is 26.1 Å². The minimum absolute atomic E-state index is 0.0294. The van der Waals surface area contributed by atoms with Crippen LogP contribution in [0.1, 0.15) is 23.7 Å². The van der Waals surface area contributed by atoms with Crippen molar-refractivity contribution in [3.8, 4) is 11.5 Å². The smallest absolute Gasteiger partial charge is 0.307 e. The number of methoxy groups -OCH3 is 2. The second kappa shape index (κ2) is 8.26. The van der Waals surface area contributed by atoms with Crippen LogP contribution in [0.15, 0.2) is 18.2 Å². The second-order valence-corrected chi connectivity index (χ2v) is 4.28. The van der Waals surface area contributed by atoms with Crippen molar-refractivity contribution in [3.05, 3.63) is 23.8 Å². The summed E-state index contributed by atoms with van der Waals surface area (Å²) in [7, 11) is 4.64. The molecule has 116 valence electrons. The summed E-state index contributed by atoms with van der Waals surface area (Å²) in [6.45, 7) is 2.01. The predicted octanol–water partition coefficient (Wildman–Crippen LogP) is 1.43. The molecule has 0 amide bonds. The molecular weight excluding hydrogens is 274 g/mol. The maximum atomic E-state index is 12.5. The quantitative estimate of drug-likeness (QED) is 0.577. The molecule has 1 atom stereocenters. The summed E-state index contributed by atoms with van der Waals surface area (Å²) in [4.78, 5) is 24.0. The molecule has 0 aliphatic rings. The fraction of sp³-hybridized carbons (Fsp3) is 0.467. The number of benzene rings is 1. The average molecular weight is 295 g/mol. The van der Waals surface area contributed by atoms with E-state index in [1.807, 2.05) is 0 Å². The van der Waals surface area contributed by atoms with E-state index in [4.69, 9.17) is 14.2 Å². The highest BCUT2D eigenvalue weighted by molar-refractivity contribution is 6.04. The van der Waals surface area contributed by atoms with Gasteiger partial charge in [0.1, 0.15) is 11.5 Å². The first-order valence-corrected chi connectivity index (χ1v) is 6.66. The minimum Gasteiger partial charge on any atom is -0.497 e. The summed E-state index contributed by atoms with van der Waals surface area (Å²) in [6.07, 6.45) is -0.0294. The topological polar surface area (TPSA) is 73.9 Å². The Labute approximate surface area is 124 Å². The highest BCUT2D eigenvalue weighted by Gasteiger charge is 2.25. The highest BCUT2D eigenvalue weighted by Crippen LogP contribution is 2.26. The number of rotatable bonds is 8. The van der Waals surface area contributed by atoms with Gasteiger partial charge in [0, 0.05) is 6.07 Å². The zero-order valence-corrected chi connectivity index (χ0v) is 12.8.